The Bertz CT molecular complexity index is 525. The van der Waals surface area contributed by atoms with E-state index in [0.29, 0.717) is 18.0 Å². The van der Waals surface area contributed by atoms with Crippen molar-refractivity contribution in [3.05, 3.63) is 29.8 Å². The van der Waals surface area contributed by atoms with E-state index in [4.69, 9.17) is 5.26 Å². The molecule has 5 heteroatoms. The zero-order valence-electron chi connectivity index (χ0n) is 9.39. The Morgan fingerprint density at radius 3 is 2.47 bits per heavy atom. The van der Waals surface area contributed by atoms with E-state index in [9.17, 15) is 8.42 Å². The number of nitriles is 1. The number of hydrogen-bond donors (Lipinski definition) is 1. The summed E-state index contributed by atoms with van der Waals surface area (Å²) in [7, 11) is -3.41. The smallest absolute Gasteiger partial charge is 0.211 e. The molecule has 90 valence electrons. The first-order chi connectivity index (χ1) is 8.12. The molecule has 1 aliphatic carbocycles. The van der Waals surface area contributed by atoms with Crippen molar-refractivity contribution in [2.45, 2.75) is 24.2 Å². The van der Waals surface area contributed by atoms with Crippen molar-refractivity contribution < 1.29 is 8.42 Å². The van der Waals surface area contributed by atoms with Gasteiger partial charge in [-0.1, -0.05) is 12.8 Å². The molecule has 0 aromatic heterocycles. The Balaban J connectivity index is 1.99. The summed E-state index contributed by atoms with van der Waals surface area (Å²) in [5.41, 5.74) is 0.460. The SMILES string of the molecule is N#Cc1ccc(S(=O)(=O)NCCC2CC2)cc1. The van der Waals surface area contributed by atoms with Crippen molar-refractivity contribution in [1.29, 1.82) is 5.26 Å². The number of rotatable bonds is 5. The highest BCUT2D eigenvalue weighted by molar-refractivity contribution is 7.89. The second kappa shape index (κ2) is 4.86. The van der Waals surface area contributed by atoms with Gasteiger partial charge in [0, 0.05) is 6.54 Å². The highest BCUT2D eigenvalue weighted by Crippen LogP contribution is 2.31. The second-order valence-electron chi connectivity index (χ2n) is 4.27. The van der Waals surface area contributed by atoms with Gasteiger partial charge in [-0.2, -0.15) is 5.26 Å². The fourth-order valence-corrected chi connectivity index (χ4v) is 2.64. The van der Waals surface area contributed by atoms with E-state index in [-0.39, 0.29) is 4.90 Å². The van der Waals surface area contributed by atoms with Gasteiger partial charge in [0.25, 0.3) is 0 Å². The largest absolute Gasteiger partial charge is 0.240 e. The molecule has 0 aliphatic heterocycles. The molecule has 17 heavy (non-hydrogen) atoms. The molecule has 0 saturated heterocycles. The average Bonchev–Trinajstić information content (AvgIpc) is 3.13. The Morgan fingerprint density at radius 2 is 1.94 bits per heavy atom. The van der Waals surface area contributed by atoms with Crippen LogP contribution in [0.15, 0.2) is 29.2 Å². The van der Waals surface area contributed by atoms with Crippen LogP contribution in [0.25, 0.3) is 0 Å². The van der Waals surface area contributed by atoms with Crippen LogP contribution in [0.3, 0.4) is 0 Å². The third-order valence-electron chi connectivity index (χ3n) is 2.84. The molecule has 4 nitrogen and oxygen atoms in total. The van der Waals surface area contributed by atoms with Gasteiger partial charge in [-0.25, -0.2) is 13.1 Å². The number of benzene rings is 1. The summed E-state index contributed by atoms with van der Waals surface area (Å²) in [5, 5.41) is 8.63. The van der Waals surface area contributed by atoms with E-state index in [1.54, 1.807) is 0 Å². The minimum Gasteiger partial charge on any atom is -0.211 e. The second-order valence-corrected chi connectivity index (χ2v) is 6.03. The van der Waals surface area contributed by atoms with Crippen LogP contribution < -0.4 is 4.72 Å². The number of sulfonamides is 1. The van der Waals surface area contributed by atoms with Crippen LogP contribution in [0.5, 0.6) is 0 Å². The van der Waals surface area contributed by atoms with E-state index in [0.717, 1.165) is 6.42 Å². The predicted molar refractivity (Wildman–Crippen MR) is 63.7 cm³/mol. The molecule has 1 fully saturated rings. The first-order valence-electron chi connectivity index (χ1n) is 5.61. The van der Waals surface area contributed by atoms with Crippen molar-refractivity contribution in [3.63, 3.8) is 0 Å². The molecule has 0 heterocycles. The van der Waals surface area contributed by atoms with Crippen molar-refractivity contribution in [1.82, 2.24) is 4.72 Å². The first-order valence-corrected chi connectivity index (χ1v) is 7.10. The van der Waals surface area contributed by atoms with Crippen molar-refractivity contribution in [3.8, 4) is 6.07 Å². The number of nitrogens with one attached hydrogen (secondary N) is 1. The van der Waals surface area contributed by atoms with Crippen LogP contribution in [0.2, 0.25) is 0 Å². The third kappa shape index (κ3) is 3.29. The summed E-state index contributed by atoms with van der Waals surface area (Å²) in [6.45, 7) is 0.493. The third-order valence-corrected chi connectivity index (χ3v) is 4.31. The Morgan fingerprint density at radius 1 is 1.29 bits per heavy atom. The lowest BCUT2D eigenvalue weighted by molar-refractivity contribution is 0.575. The molecular weight excluding hydrogens is 236 g/mol. The summed E-state index contributed by atoms with van der Waals surface area (Å²) < 4.78 is 26.3. The summed E-state index contributed by atoms with van der Waals surface area (Å²) in [6, 6.07) is 7.89. The molecular formula is C12H14N2O2S. The molecule has 0 amide bonds. The van der Waals surface area contributed by atoms with Gasteiger partial charge < -0.3 is 0 Å². The highest BCUT2D eigenvalue weighted by Gasteiger charge is 2.22. The minimum absolute atomic E-state index is 0.215. The van der Waals surface area contributed by atoms with Crippen LogP contribution in [0.4, 0.5) is 0 Å². The van der Waals surface area contributed by atoms with Gasteiger partial charge in [-0.3, -0.25) is 0 Å². The zero-order valence-corrected chi connectivity index (χ0v) is 10.2. The van der Waals surface area contributed by atoms with Crippen molar-refractivity contribution >= 4 is 10.0 Å². The number of nitrogens with zero attached hydrogens (tertiary/aromatic N) is 1. The lowest BCUT2D eigenvalue weighted by atomic mass is 10.2. The first kappa shape index (κ1) is 12.1. The quantitative estimate of drug-likeness (QED) is 0.863. The molecule has 0 spiro atoms. The molecule has 0 unspecified atom stereocenters. The van der Waals surface area contributed by atoms with Crippen molar-refractivity contribution in [2.75, 3.05) is 6.54 Å². The average molecular weight is 250 g/mol. The van der Waals surface area contributed by atoms with Gasteiger partial charge in [0.15, 0.2) is 0 Å². The summed E-state index contributed by atoms with van der Waals surface area (Å²) in [5.74, 6) is 0.707. The van der Waals surface area contributed by atoms with Crippen LogP contribution in [0.1, 0.15) is 24.8 Å². The van der Waals surface area contributed by atoms with E-state index in [2.05, 4.69) is 4.72 Å². The standard InChI is InChI=1S/C12H14N2O2S/c13-9-11-3-5-12(6-4-11)17(15,16)14-8-7-10-1-2-10/h3-6,10,14H,1-2,7-8H2. The van der Waals surface area contributed by atoms with E-state index >= 15 is 0 Å². The molecule has 1 aliphatic rings. The maximum Gasteiger partial charge on any atom is 0.240 e. The van der Waals surface area contributed by atoms with E-state index in [1.165, 1.54) is 37.1 Å². The zero-order chi connectivity index (χ0) is 12.3. The van der Waals surface area contributed by atoms with Gasteiger partial charge >= 0.3 is 0 Å². The van der Waals surface area contributed by atoms with Crippen molar-refractivity contribution in [2.24, 2.45) is 5.92 Å². The van der Waals surface area contributed by atoms with Gasteiger partial charge in [0.05, 0.1) is 16.5 Å². The lowest BCUT2D eigenvalue weighted by Gasteiger charge is -2.06. The molecule has 0 atom stereocenters. The Labute approximate surface area is 101 Å². The summed E-state index contributed by atoms with van der Waals surface area (Å²) in [4.78, 5) is 0.215. The normalized spacial score (nSPS) is 15.5. The van der Waals surface area contributed by atoms with Gasteiger partial charge in [0.1, 0.15) is 0 Å². The minimum atomic E-state index is -3.41. The maximum absolute atomic E-state index is 11.8. The predicted octanol–water partition coefficient (Wildman–Crippen LogP) is 1.64. The fraction of sp³-hybridized carbons (Fsp3) is 0.417. The van der Waals surface area contributed by atoms with Crippen LogP contribution in [-0.2, 0) is 10.0 Å². The topological polar surface area (TPSA) is 70.0 Å². The molecule has 1 saturated carbocycles. The maximum atomic E-state index is 11.8. The van der Waals surface area contributed by atoms with Crippen LogP contribution in [0, 0.1) is 17.2 Å². The van der Waals surface area contributed by atoms with Crippen LogP contribution >= 0.6 is 0 Å². The Hall–Kier alpha value is -1.38. The van der Waals surface area contributed by atoms with E-state index in [1.807, 2.05) is 6.07 Å². The molecule has 1 aromatic rings. The Kier molecular flexibility index (Phi) is 3.46. The van der Waals surface area contributed by atoms with Gasteiger partial charge in [0.2, 0.25) is 10.0 Å². The molecule has 1 aromatic carbocycles. The summed E-state index contributed by atoms with van der Waals surface area (Å²) in [6.07, 6.45) is 3.35. The van der Waals surface area contributed by atoms with Crippen LogP contribution in [-0.4, -0.2) is 15.0 Å². The van der Waals surface area contributed by atoms with E-state index < -0.39 is 10.0 Å². The summed E-state index contributed by atoms with van der Waals surface area (Å²) >= 11 is 0. The molecule has 0 bridgehead atoms. The lowest BCUT2D eigenvalue weighted by Crippen LogP contribution is -2.25. The highest BCUT2D eigenvalue weighted by atomic mass is 32.2. The molecule has 1 N–H and O–H groups in total. The molecule has 2 rings (SSSR count). The van der Waals surface area contributed by atoms with Gasteiger partial charge in [-0.05, 0) is 36.6 Å². The van der Waals surface area contributed by atoms with Gasteiger partial charge in [-0.15, -0.1) is 0 Å². The fourth-order valence-electron chi connectivity index (χ4n) is 1.60. The molecule has 0 radical (unpaired) electrons. The monoisotopic (exact) mass is 250 g/mol. The number of hydrogen-bond acceptors (Lipinski definition) is 3.